The number of benzene rings is 2. The Morgan fingerprint density at radius 1 is 1.19 bits per heavy atom. The van der Waals surface area contributed by atoms with Gasteiger partial charge < -0.3 is 19.2 Å². The number of amides is 1. The highest BCUT2D eigenvalue weighted by atomic mass is 35.5. The molecule has 1 aromatic heterocycles. The van der Waals surface area contributed by atoms with E-state index in [-0.39, 0.29) is 23.7 Å². The second-order valence-corrected chi connectivity index (χ2v) is 8.07. The highest BCUT2D eigenvalue weighted by Crippen LogP contribution is 2.39. The number of fused-ring (bicyclic) bond motifs is 2. The van der Waals surface area contributed by atoms with E-state index in [1.54, 1.807) is 17.0 Å². The predicted molar refractivity (Wildman–Crippen MR) is 119 cm³/mol. The molecule has 0 saturated heterocycles. The summed E-state index contributed by atoms with van der Waals surface area (Å²) < 4.78 is 11.6. The molecule has 0 fully saturated rings. The lowest BCUT2D eigenvalue weighted by atomic mass is 9.98. The van der Waals surface area contributed by atoms with E-state index in [9.17, 15) is 14.7 Å². The second-order valence-electron chi connectivity index (χ2n) is 7.67. The van der Waals surface area contributed by atoms with Crippen LogP contribution in [-0.2, 0) is 0 Å². The lowest BCUT2D eigenvalue weighted by molar-refractivity contribution is 0.0716. The summed E-state index contributed by atoms with van der Waals surface area (Å²) in [5, 5.41) is 10.1. The van der Waals surface area contributed by atoms with Crippen molar-refractivity contribution in [3.63, 3.8) is 0 Å². The Morgan fingerprint density at radius 3 is 2.61 bits per heavy atom. The normalized spacial score (nSPS) is 15.5. The molecule has 0 radical (unpaired) electrons. The van der Waals surface area contributed by atoms with Crippen molar-refractivity contribution in [3.05, 3.63) is 74.1 Å². The monoisotopic (exact) mass is 441 g/mol. The molecule has 0 aliphatic carbocycles. The molecule has 6 nitrogen and oxygen atoms in total. The first-order valence-electron chi connectivity index (χ1n) is 10.4. The number of aryl methyl sites for hydroxylation is 1. The molecule has 2 heterocycles. The minimum Gasteiger partial charge on any atom is -0.494 e. The number of carbonyl (C=O) groups is 1. The number of aliphatic hydroxyl groups excluding tert-OH is 1. The van der Waals surface area contributed by atoms with E-state index in [0.29, 0.717) is 41.1 Å². The van der Waals surface area contributed by atoms with Gasteiger partial charge in [-0.25, -0.2) is 0 Å². The van der Waals surface area contributed by atoms with Gasteiger partial charge in [0, 0.05) is 18.2 Å². The van der Waals surface area contributed by atoms with Crippen LogP contribution in [-0.4, -0.2) is 35.7 Å². The van der Waals surface area contributed by atoms with E-state index in [4.69, 9.17) is 20.8 Å². The first-order valence-corrected chi connectivity index (χ1v) is 10.8. The van der Waals surface area contributed by atoms with Crippen LogP contribution < -0.4 is 10.2 Å². The van der Waals surface area contributed by atoms with Gasteiger partial charge in [0.25, 0.3) is 5.91 Å². The molecule has 0 bridgehead atoms. The summed E-state index contributed by atoms with van der Waals surface area (Å²) in [6.45, 7) is 4.70. The Labute approximate surface area is 185 Å². The first-order chi connectivity index (χ1) is 15.0. The van der Waals surface area contributed by atoms with Crippen LogP contribution in [0.1, 0.15) is 53.1 Å². The molecule has 1 aliphatic rings. The van der Waals surface area contributed by atoms with Gasteiger partial charge in [-0.3, -0.25) is 9.59 Å². The largest absolute Gasteiger partial charge is 0.494 e. The third kappa shape index (κ3) is 3.82. The van der Waals surface area contributed by atoms with Gasteiger partial charge in [-0.2, -0.15) is 0 Å². The maximum atomic E-state index is 13.5. The summed E-state index contributed by atoms with van der Waals surface area (Å²) in [7, 11) is 0. The average Bonchev–Trinajstić information content (AvgIpc) is 3.04. The summed E-state index contributed by atoms with van der Waals surface area (Å²) in [6, 6.07) is 10.1. The van der Waals surface area contributed by atoms with E-state index in [2.05, 4.69) is 0 Å². The van der Waals surface area contributed by atoms with E-state index >= 15 is 0 Å². The number of carbonyl (C=O) groups excluding carboxylic acids is 1. The third-order valence-corrected chi connectivity index (χ3v) is 5.88. The van der Waals surface area contributed by atoms with Crippen LogP contribution in [0.15, 0.2) is 45.6 Å². The Kier molecular flexibility index (Phi) is 6.03. The molecule has 0 saturated carbocycles. The summed E-state index contributed by atoms with van der Waals surface area (Å²) in [6.07, 6.45) is 1.30. The van der Waals surface area contributed by atoms with Crippen molar-refractivity contribution >= 4 is 28.5 Å². The van der Waals surface area contributed by atoms with Crippen LogP contribution in [0.3, 0.4) is 0 Å². The predicted octanol–water partition coefficient (Wildman–Crippen LogP) is 4.47. The topological polar surface area (TPSA) is 80.0 Å². The molecule has 0 spiro atoms. The Balaban J connectivity index is 1.87. The van der Waals surface area contributed by atoms with Crippen molar-refractivity contribution in [3.8, 4) is 5.75 Å². The van der Waals surface area contributed by atoms with E-state index in [1.165, 1.54) is 0 Å². The number of nitrogens with zero attached hydrogens (tertiary/aromatic N) is 1. The van der Waals surface area contributed by atoms with Gasteiger partial charge in [-0.15, -0.1) is 0 Å². The van der Waals surface area contributed by atoms with Gasteiger partial charge in [0.05, 0.1) is 23.6 Å². The molecule has 162 valence electrons. The van der Waals surface area contributed by atoms with Gasteiger partial charge in [0.2, 0.25) is 5.76 Å². The zero-order valence-corrected chi connectivity index (χ0v) is 18.2. The smallest absolute Gasteiger partial charge is 0.290 e. The number of ether oxygens (including phenoxy) is 1. The molecule has 1 amide bonds. The molecule has 1 aliphatic heterocycles. The number of hydrogen-bond donors (Lipinski definition) is 1. The van der Waals surface area contributed by atoms with E-state index in [0.717, 1.165) is 23.3 Å². The molecule has 1 N–H and O–H groups in total. The molecule has 3 aromatic rings. The summed E-state index contributed by atoms with van der Waals surface area (Å²) >= 11 is 6.25. The lowest BCUT2D eigenvalue weighted by Crippen LogP contribution is -2.31. The molecule has 4 rings (SSSR count). The maximum Gasteiger partial charge on any atom is 0.290 e. The third-order valence-electron chi connectivity index (χ3n) is 5.47. The summed E-state index contributed by atoms with van der Waals surface area (Å²) in [5.41, 5.74) is 1.91. The van der Waals surface area contributed by atoms with Crippen LogP contribution in [0.5, 0.6) is 5.75 Å². The van der Waals surface area contributed by atoms with Crippen LogP contribution in [0.25, 0.3) is 11.0 Å². The van der Waals surface area contributed by atoms with Gasteiger partial charge >= 0.3 is 0 Å². The minimum atomic E-state index is -0.602. The zero-order valence-electron chi connectivity index (χ0n) is 17.5. The fourth-order valence-corrected chi connectivity index (χ4v) is 4.09. The number of aliphatic hydroxyl groups is 1. The van der Waals surface area contributed by atoms with Crippen LogP contribution in [0, 0.1) is 6.92 Å². The van der Waals surface area contributed by atoms with Crippen molar-refractivity contribution in [1.82, 2.24) is 4.90 Å². The molecule has 1 unspecified atom stereocenters. The van der Waals surface area contributed by atoms with Gasteiger partial charge in [-0.1, -0.05) is 30.7 Å². The average molecular weight is 442 g/mol. The molecule has 31 heavy (non-hydrogen) atoms. The maximum absolute atomic E-state index is 13.5. The van der Waals surface area contributed by atoms with Gasteiger partial charge in [-0.05, 0) is 55.2 Å². The van der Waals surface area contributed by atoms with E-state index < -0.39 is 6.04 Å². The zero-order chi connectivity index (χ0) is 22.1. The SMILES string of the molecule is CCCOc1ccc(C2c3c(oc4cc(C)c(Cl)cc4c3=O)C(=O)N2CCCO)cc1. The quantitative estimate of drug-likeness (QED) is 0.585. The fourth-order valence-electron chi connectivity index (χ4n) is 3.93. The summed E-state index contributed by atoms with van der Waals surface area (Å²) in [4.78, 5) is 28.3. The second kappa shape index (κ2) is 8.73. The molecular weight excluding hydrogens is 418 g/mol. The number of hydrogen-bond acceptors (Lipinski definition) is 5. The Hall–Kier alpha value is -2.83. The van der Waals surface area contributed by atoms with E-state index in [1.807, 2.05) is 38.1 Å². The van der Waals surface area contributed by atoms with Crippen LogP contribution in [0.4, 0.5) is 0 Å². The fraction of sp³-hybridized carbons (Fsp3) is 0.333. The summed E-state index contributed by atoms with van der Waals surface area (Å²) in [5.74, 6) is 0.421. The van der Waals surface area contributed by atoms with Gasteiger partial charge in [0.1, 0.15) is 11.3 Å². The Morgan fingerprint density at radius 2 is 1.94 bits per heavy atom. The van der Waals surface area contributed by atoms with Crippen LogP contribution >= 0.6 is 11.6 Å². The standard InChI is InChI=1S/C24H24ClNO5/c1-3-11-30-16-7-5-15(6-8-16)21-20-22(28)17-13-18(25)14(2)12-19(17)31-23(20)24(29)26(21)9-4-10-27/h5-8,12-13,21,27H,3-4,9-11H2,1-2H3. The molecule has 2 aromatic carbocycles. The van der Waals surface area contributed by atoms with Crippen molar-refractivity contribution in [2.24, 2.45) is 0 Å². The van der Waals surface area contributed by atoms with Crippen molar-refractivity contribution in [1.29, 1.82) is 0 Å². The number of halogens is 1. The Bertz CT molecular complexity index is 1190. The highest BCUT2D eigenvalue weighted by molar-refractivity contribution is 6.32. The van der Waals surface area contributed by atoms with Crippen LogP contribution in [0.2, 0.25) is 5.02 Å². The molecule has 1 atom stereocenters. The van der Waals surface area contributed by atoms with Crippen molar-refractivity contribution in [2.75, 3.05) is 19.8 Å². The number of rotatable bonds is 7. The van der Waals surface area contributed by atoms with Gasteiger partial charge in [0.15, 0.2) is 5.43 Å². The highest BCUT2D eigenvalue weighted by Gasteiger charge is 2.42. The molecule has 7 heteroatoms. The first kappa shape index (κ1) is 21.4. The lowest BCUT2D eigenvalue weighted by Gasteiger charge is -2.25. The minimum absolute atomic E-state index is 0.0495. The van der Waals surface area contributed by atoms with Crippen molar-refractivity contribution < 1.29 is 19.1 Å². The molecular formula is C24H24ClNO5. The van der Waals surface area contributed by atoms with Crippen molar-refractivity contribution in [2.45, 2.75) is 32.7 Å².